The minimum Gasteiger partial charge on any atom is -0.381 e. The van der Waals surface area contributed by atoms with E-state index in [1.807, 2.05) is 12.4 Å². The van der Waals surface area contributed by atoms with Gasteiger partial charge >= 0.3 is 0 Å². The van der Waals surface area contributed by atoms with Crippen LogP contribution in [-0.4, -0.2) is 22.8 Å². The molecule has 0 aromatic carbocycles. The zero-order chi connectivity index (χ0) is 8.39. The summed E-state index contributed by atoms with van der Waals surface area (Å²) in [5.41, 5.74) is 0. The number of imidazole rings is 1. The van der Waals surface area contributed by atoms with Crippen molar-refractivity contribution in [2.24, 2.45) is 0 Å². The van der Waals surface area contributed by atoms with E-state index in [9.17, 15) is 0 Å². The summed E-state index contributed by atoms with van der Waals surface area (Å²) in [7, 11) is 0. The smallest absolute Gasteiger partial charge is 0.177 e. The number of aromatic amines is 1. The van der Waals surface area contributed by atoms with Gasteiger partial charge in [-0.15, -0.1) is 0 Å². The molecule has 0 saturated carbocycles. The maximum atomic E-state index is 5.28. The van der Waals surface area contributed by atoms with Crippen LogP contribution >= 0.6 is 12.2 Å². The lowest BCUT2D eigenvalue weighted by Crippen LogP contribution is -2.19. The first-order valence-corrected chi connectivity index (χ1v) is 4.62. The quantitative estimate of drug-likeness (QED) is 0.675. The molecule has 0 unspecified atom stereocenters. The molecule has 2 rings (SSSR count). The van der Waals surface area contributed by atoms with Crippen LogP contribution in [0, 0.1) is 4.77 Å². The average molecular weight is 184 g/mol. The molecule has 66 valence electrons. The predicted molar refractivity (Wildman–Crippen MR) is 48.7 cm³/mol. The minimum absolute atomic E-state index is 0.539. The molecule has 1 N–H and O–H groups in total. The van der Waals surface area contributed by atoms with Crippen LogP contribution in [0.2, 0.25) is 0 Å². The highest BCUT2D eigenvalue weighted by Gasteiger charge is 2.15. The van der Waals surface area contributed by atoms with Gasteiger partial charge in [0.1, 0.15) is 0 Å². The Morgan fingerprint density at radius 3 is 2.83 bits per heavy atom. The topological polar surface area (TPSA) is 29.9 Å². The van der Waals surface area contributed by atoms with E-state index in [0.717, 1.165) is 30.8 Å². The van der Waals surface area contributed by atoms with E-state index in [0.29, 0.717) is 6.04 Å². The fourth-order valence-electron chi connectivity index (χ4n) is 1.58. The molecule has 1 fully saturated rings. The Labute approximate surface area is 76.4 Å². The third-order valence-corrected chi connectivity index (χ3v) is 2.59. The molecule has 0 bridgehead atoms. The molecular formula is C8H12N2OS. The zero-order valence-corrected chi connectivity index (χ0v) is 7.64. The second kappa shape index (κ2) is 3.41. The summed E-state index contributed by atoms with van der Waals surface area (Å²) >= 11 is 5.13. The Morgan fingerprint density at radius 2 is 2.25 bits per heavy atom. The van der Waals surface area contributed by atoms with E-state index in [2.05, 4.69) is 9.55 Å². The lowest BCUT2D eigenvalue weighted by atomic mass is 10.1. The highest BCUT2D eigenvalue weighted by molar-refractivity contribution is 7.71. The molecule has 2 heterocycles. The van der Waals surface area contributed by atoms with E-state index < -0.39 is 0 Å². The van der Waals surface area contributed by atoms with Crippen molar-refractivity contribution in [1.29, 1.82) is 0 Å². The van der Waals surface area contributed by atoms with Gasteiger partial charge in [-0.2, -0.15) is 0 Å². The number of H-pyrrole nitrogens is 1. The Hall–Kier alpha value is -0.610. The molecule has 0 aliphatic carbocycles. The molecule has 12 heavy (non-hydrogen) atoms. The summed E-state index contributed by atoms with van der Waals surface area (Å²) in [5.74, 6) is 0. The molecule has 0 spiro atoms. The third kappa shape index (κ3) is 1.44. The van der Waals surface area contributed by atoms with Crippen LogP contribution in [-0.2, 0) is 4.74 Å². The van der Waals surface area contributed by atoms with Crippen molar-refractivity contribution in [3.63, 3.8) is 0 Å². The van der Waals surface area contributed by atoms with Crippen LogP contribution in [0.5, 0.6) is 0 Å². The molecule has 4 heteroatoms. The molecule has 0 radical (unpaired) electrons. The monoisotopic (exact) mass is 184 g/mol. The van der Waals surface area contributed by atoms with Crippen molar-refractivity contribution in [3.05, 3.63) is 17.2 Å². The van der Waals surface area contributed by atoms with Crippen molar-refractivity contribution >= 4 is 12.2 Å². The van der Waals surface area contributed by atoms with Crippen molar-refractivity contribution in [2.45, 2.75) is 18.9 Å². The Bertz CT molecular complexity index is 298. The third-order valence-electron chi connectivity index (χ3n) is 2.26. The van der Waals surface area contributed by atoms with Gasteiger partial charge in [0.25, 0.3) is 0 Å². The molecule has 1 aliphatic rings. The van der Waals surface area contributed by atoms with E-state index >= 15 is 0 Å². The number of ether oxygens (including phenoxy) is 1. The van der Waals surface area contributed by atoms with E-state index in [1.54, 1.807) is 0 Å². The highest BCUT2D eigenvalue weighted by Crippen LogP contribution is 2.20. The van der Waals surface area contributed by atoms with Crippen LogP contribution in [0.1, 0.15) is 18.9 Å². The lowest BCUT2D eigenvalue weighted by Gasteiger charge is -2.22. The van der Waals surface area contributed by atoms with Crippen LogP contribution in [0.25, 0.3) is 0 Å². The van der Waals surface area contributed by atoms with Gasteiger partial charge in [0.05, 0.1) is 0 Å². The molecule has 0 atom stereocenters. The number of nitrogens with zero attached hydrogens (tertiary/aromatic N) is 1. The van der Waals surface area contributed by atoms with Gasteiger partial charge < -0.3 is 14.3 Å². The van der Waals surface area contributed by atoms with Gasteiger partial charge in [0.15, 0.2) is 4.77 Å². The van der Waals surface area contributed by atoms with Crippen LogP contribution in [0.3, 0.4) is 0 Å². The lowest BCUT2D eigenvalue weighted by molar-refractivity contribution is 0.0692. The van der Waals surface area contributed by atoms with Crippen LogP contribution < -0.4 is 0 Å². The fourth-order valence-corrected chi connectivity index (χ4v) is 1.86. The summed E-state index contributed by atoms with van der Waals surface area (Å²) in [4.78, 5) is 3.00. The predicted octanol–water partition coefficient (Wildman–Crippen LogP) is 1.90. The molecule has 1 saturated heterocycles. The van der Waals surface area contributed by atoms with Crippen molar-refractivity contribution in [1.82, 2.24) is 9.55 Å². The van der Waals surface area contributed by atoms with Gasteiger partial charge in [0, 0.05) is 31.6 Å². The second-order valence-corrected chi connectivity index (χ2v) is 3.40. The highest BCUT2D eigenvalue weighted by atomic mass is 32.1. The molecule has 0 amide bonds. The molecule has 1 aromatic heterocycles. The standard InChI is InChI=1S/C8H12N2OS/c12-8-9-3-4-10(8)7-1-5-11-6-2-7/h3-4,7H,1-2,5-6H2,(H,9,12). The second-order valence-electron chi connectivity index (χ2n) is 3.02. The largest absolute Gasteiger partial charge is 0.381 e. The number of hydrogen-bond donors (Lipinski definition) is 1. The molecule has 1 aromatic rings. The van der Waals surface area contributed by atoms with E-state index in [1.165, 1.54) is 0 Å². The maximum absolute atomic E-state index is 5.28. The fraction of sp³-hybridized carbons (Fsp3) is 0.625. The van der Waals surface area contributed by atoms with Crippen LogP contribution in [0.4, 0.5) is 0 Å². The summed E-state index contributed by atoms with van der Waals surface area (Å²) in [6, 6.07) is 0.539. The Morgan fingerprint density at radius 1 is 1.50 bits per heavy atom. The number of nitrogens with one attached hydrogen (secondary N) is 1. The Balaban J connectivity index is 2.18. The summed E-state index contributed by atoms with van der Waals surface area (Å²) in [5, 5.41) is 0. The first-order chi connectivity index (χ1) is 5.88. The normalized spacial score (nSPS) is 19.7. The van der Waals surface area contributed by atoms with Crippen molar-refractivity contribution in [3.8, 4) is 0 Å². The molecule has 3 nitrogen and oxygen atoms in total. The first-order valence-electron chi connectivity index (χ1n) is 4.21. The van der Waals surface area contributed by atoms with E-state index in [-0.39, 0.29) is 0 Å². The van der Waals surface area contributed by atoms with Gasteiger partial charge in [-0.1, -0.05) is 0 Å². The van der Waals surface area contributed by atoms with Crippen molar-refractivity contribution < 1.29 is 4.74 Å². The average Bonchev–Trinajstić information content (AvgIpc) is 2.53. The van der Waals surface area contributed by atoms with E-state index in [4.69, 9.17) is 17.0 Å². The number of rotatable bonds is 1. The SMILES string of the molecule is S=c1[nH]ccn1C1CCOCC1. The zero-order valence-electron chi connectivity index (χ0n) is 6.82. The van der Waals surface area contributed by atoms with Gasteiger partial charge in [-0.05, 0) is 25.1 Å². The summed E-state index contributed by atoms with van der Waals surface area (Å²) < 4.78 is 8.22. The minimum atomic E-state index is 0.539. The Kier molecular flexibility index (Phi) is 2.28. The number of aromatic nitrogens is 2. The van der Waals surface area contributed by atoms with Crippen molar-refractivity contribution in [2.75, 3.05) is 13.2 Å². The maximum Gasteiger partial charge on any atom is 0.177 e. The van der Waals surface area contributed by atoms with Gasteiger partial charge in [0.2, 0.25) is 0 Å². The van der Waals surface area contributed by atoms with Gasteiger partial charge in [-0.25, -0.2) is 0 Å². The number of hydrogen-bond acceptors (Lipinski definition) is 2. The summed E-state index contributed by atoms with van der Waals surface area (Å²) in [6.45, 7) is 1.72. The van der Waals surface area contributed by atoms with Crippen LogP contribution in [0.15, 0.2) is 12.4 Å². The molecule has 1 aliphatic heterocycles. The first kappa shape index (κ1) is 8.01. The van der Waals surface area contributed by atoms with Gasteiger partial charge in [-0.3, -0.25) is 0 Å². The molecular weight excluding hydrogens is 172 g/mol. The summed E-state index contributed by atoms with van der Waals surface area (Å²) in [6.07, 6.45) is 6.05.